The summed E-state index contributed by atoms with van der Waals surface area (Å²) in [6, 6.07) is 3.48. The summed E-state index contributed by atoms with van der Waals surface area (Å²) in [7, 11) is 0. The van der Waals surface area contributed by atoms with E-state index < -0.39 is 9.85 Å². The molecule has 1 aromatic carbocycles. The Bertz CT molecular complexity index is 624. The summed E-state index contributed by atoms with van der Waals surface area (Å²) >= 11 is 0. The van der Waals surface area contributed by atoms with Crippen molar-refractivity contribution in [3.05, 3.63) is 38.4 Å². The van der Waals surface area contributed by atoms with Gasteiger partial charge in [0, 0.05) is 11.8 Å². The van der Waals surface area contributed by atoms with Crippen LogP contribution in [0.1, 0.15) is 45.4 Å². The third-order valence-corrected chi connectivity index (χ3v) is 4.06. The first kappa shape index (κ1) is 16.9. The van der Waals surface area contributed by atoms with Crippen molar-refractivity contribution in [3.63, 3.8) is 0 Å². The monoisotopic (exact) mass is 320 g/mol. The Morgan fingerprint density at radius 2 is 1.91 bits per heavy atom. The van der Waals surface area contributed by atoms with Crippen LogP contribution >= 0.6 is 0 Å². The van der Waals surface area contributed by atoms with Crippen LogP contribution in [0.15, 0.2) is 23.3 Å². The molecule has 2 rings (SSSR count). The fourth-order valence-corrected chi connectivity index (χ4v) is 2.89. The molecule has 0 saturated heterocycles. The highest BCUT2D eigenvalue weighted by Crippen LogP contribution is 2.29. The zero-order valence-corrected chi connectivity index (χ0v) is 13.0. The van der Waals surface area contributed by atoms with Crippen LogP contribution in [0.25, 0.3) is 0 Å². The van der Waals surface area contributed by atoms with Crippen LogP contribution in [0.3, 0.4) is 0 Å². The van der Waals surface area contributed by atoms with Crippen LogP contribution in [0, 0.1) is 26.1 Å². The van der Waals surface area contributed by atoms with Crippen LogP contribution in [0.2, 0.25) is 0 Å². The predicted octanol–water partition coefficient (Wildman–Crippen LogP) is 4.26. The zero-order chi connectivity index (χ0) is 16.8. The van der Waals surface area contributed by atoms with Gasteiger partial charge in [-0.15, -0.1) is 0 Å². The number of anilines is 1. The van der Waals surface area contributed by atoms with Crippen LogP contribution in [-0.4, -0.2) is 15.6 Å². The minimum absolute atomic E-state index is 0.156. The Balaban J connectivity index is 2.07. The molecule has 0 aromatic heterocycles. The molecule has 0 radical (unpaired) electrons. The Morgan fingerprint density at radius 1 is 1.22 bits per heavy atom. The van der Waals surface area contributed by atoms with Gasteiger partial charge in [0.05, 0.1) is 15.9 Å². The van der Waals surface area contributed by atoms with Crippen LogP contribution in [-0.2, 0) is 0 Å². The molecule has 0 aliphatic heterocycles. The summed E-state index contributed by atoms with van der Waals surface area (Å²) in [6.07, 6.45) is 7.06. The summed E-state index contributed by atoms with van der Waals surface area (Å²) in [5.41, 5.74) is 3.04. The number of non-ortho nitro benzene ring substituents is 1. The van der Waals surface area contributed by atoms with Crippen molar-refractivity contribution in [2.45, 2.75) is 45.4 Å². The van der Waals surface area contributed by atoms with E-state index in [1.54, 1.807) is 0 Å². The van der Waals surface area contributed by atoms with Crippen molar-refractivity contribution in [1.29, 1.82) is 0 Å². The summed E-state index contributed by atoms with van der Waals surface area (Å²) in [5.74, 6) is 0.626. The maximum atomic E-state index is 11.1. The fourth-order valence-electron chi connectivity index (χ4n) is 2.89. The lowest BCUT2D eigenvalue weighted by Gasteiger charge is -2.21. The molecule has 1 fully saturated rings. The highest BCUT2D eigenvalue weighted by atomic mass is 16.6. The van der Waals surface area contributed by atoms with Gasteiger partial charge in [0.1, 0.15) is 5.69 Å². The van der Waals surface area contributed by atoms with Crippen molar-refractivity contribution in [3.8, 4) is 0 Å². The second kappa shape index (κ2) is 7.66. The summed E-state index contributed by atoms with van der Waals surface area (Å²) in [4.78, 5) is 20.5. The molecule has 1 aliphatic carbocycles. The molecule has 1 aromatic rings. The Morgan fingerprint density at radius 3 is 2.52 bits per heavy atom. The third kappa shape index (κ3) is 4.73. The molecular weight excluding hydrogens is 300 g/mol. The average molecular weight is 320 g/mol. The van der Waals surface area contributed by atoms with Crippen molar-refractivity contribution < 1.29 is 9.85 Å². The Kier molecular flexibility index (Phi) is 5.61. The lowest BCUT2D eigenvalue weighted by Crippen LogP contribution is -2.11. The van der Waals surface area contributed by atoms with E-state index >= 15 is 0 Å². The Labute approximate surface area is 133 Å². The summed E-state index contributed by atoms with van der Waals surface area (Å²) in [5, 5.41) is 26.0. The first-order chi connectivity index (χ1) is 11.0. The van der Waals surface area contributed by atoms with Gasteiger partial charge in [-0.25, -0.2) is 0 Å². The number of hydrazone groups is 1. The van der Waals surface area contributed by atoms with Crippen molar-refractivity contribution in [2.24, 2.45) is 11.0 Å². The topological polar surface area (TPSA) is 111 Å². The normalized spacial score (nSPS) is 16.1. The van der Waals surface area contributed by atoms with Gasteiger partial charge in [-0.1, -0.05) is 32.1 Å². The van der Waals surface area contributed by atoms with E-state index in [0.29, 0.717) is 5.92 Å². The lowest BCUT2D eigenvalue weighted by atomic mass is 9.86. The standard InChI is InChI=1S/C15H20N4O4/c1-11(9-12-5-3-2-4-6-12)16-17-14-8-7-13(18(20)21)10-15(14)19(22)23/h7-8,10,12,17H,2-6,9H2,1H3/b16-11-. The highest BCUT2D eigenvalue weighted by molar-refractivity contribution is 5.83. The predicted molar refractivity (Wildman–Crippen MR) is 87.7 cm³/mol. The molecule has 23 heavy (non-hydrogen) atoms. The molecule has 1 N–H and O–H groups in total. The highest BCUT2D eigenvalue weighted by Gasteiger charge is 2.19. The third-order valence-electron chi connectivity index (χ3n) is 4.06. The van der Waals surface area contributed by atoms with Gasteiger partial charge in [-0.05, 0) is 25.3 Å². The van der Waals surface area contributed by atoms with Gasteiger partial charge in [0.15, 0.2) is 0 Å². The molecule has 0 unspecified atom stereocenters. The average Bonchev–Trinajstić information content (AvgIpc) is 2.53. The summed E-state index contributed by atoms with van der Waals surface area (Å²) < 4.78 is 0. The number of nitrogens with zero attached hydrogens (tertiary/aromatic N) is 3. The molecule has 0 heterocycles. The number of hydrogen-bond acceptors (Lipinski definition) is 6. The van der Waals surface area contributed by atoms with Gasteiger partial charge >= 0.3 is 5.69 Å². The smallest absolute Gasteiger partial charge is 0.272 e. The van der Waals surface area contributed by atoms with Gasteiger partial charge in [-0.2, -0.15) is 5.10 Å². The number of nitro groups is 2. The van der Waals surface area contributed by atoms with Gasteiger partial charge in [0.25, 0.3) is 5.69 Å². The van der Waals surface area contributed by atoms with Crippen molar-refractivity contribution in [1.82, 2.24) is 0 Å². The van der Waals surface area contributed by atoms with E-state index in [9.17, 15) is 20.2 Å². The van der Waals surface area contributed by atoms with E-state index in [1.165, 1.54) is 44.2 Å². The second-order valence-electron chi connectivity index (χ2n) is 5.88. The lowest BCUT2D eigenvalue weighted by molar-refractivity contribution is -0.393. The molecular formula is C15H20N4O4. The Hall–Kier alpha value is -2.51. The van der Waals surface area contributed by atoms with Gasteiger partial charge < -0.3 is 0 Å². The van der Waals surface area contributed by atoms with Gasteiger partial charge in [0.2, 0.25) is 0 Å². The van der Waals surface area contributed by atoms with Crippen molar-refractivity contribution in [2.75, 3.05) is 5.43 Å². The molecule has 124 valence electrons. The van der Waals surface area contributed by atoms with E-state index in [4.69, 9.17) is 0 Å². The second-order valence-corrected chi connectivity index (χ2v) is 5.88. The first-order valence-corrected chi connectivity index (χ1v) is 7.69. The molecule has 0 amide bonds. The largest absolute Gasteiger partial charge is 0.301 e. The van der Waals surface area contributed by atoms with Gasteiger partial charge in [-0.3, -0.25) is 25.7 Å². The number of benzene rings is 1. The number of hydrogen-bond donors (Lipinski definition) is 1. The number of nitrogens with one attached hydrogen (secondary N) is 1. The van der Waals surface area contributed by atoms with Crippen molar-refractivity contribution >= 4 is 22.8 Å². The van der Waals surface area contributed by atoms with E-state index in [1.807, 2.05) is 6.92 Å². The molecule has 0 spiro atoms. The van der Waals surface area contributed by atoms with E-state index in [2.05, 4.69) is 10.5 Å². The summed E-state index contributed by atoms with van der Waals surface area (Å²) in [6.45, 7) is 1.89. The minimum Gasteiger partial charge on any atom is -0.272 e. The SMILES string of the molecule is C/C(CC1CCCCC1)=N/Nc1ccc([N+](=O)[O-])cc1[N+](=O)[O-]. The van der Waals surface area contributed by atoms with E-state index in [0.717, 1.165) is 18.2 Å². The van der Waals surface area contributed by atoms with Crippen LogP contribution in [0.5, 0.6) is 0 Å². The zero-order valence-electron chi connectivity index (χ0n) is 13.0. The van der Waals surface area contributed by atoms with Crippen LogP contribution < -0.4 is 5.43 Å². The van der Waals surface area contributed by atoms with E-state index in [-0.39, 0.29) is 17.1 Å². The molecule has 0 atom stereocenters. The minimum atomic E-state index is -0.658. The fraction of sp³-hybridized carbons (Fsp3) is 0.533. The van der Waals surface area contributed by atoms with Crippen LogP contribution in [0.4, 0.5) is 17.1 Å². The quantitative estimate of drug-likeness (QED) is 0.478. The first-order valence-electron chi connectivity index (χ1n) is 7.69. The molecule has 8 heteroatoms. The maximum Gasteiger partial charge on any atom is 0.301 e. The maximum absolute atomic E-state index is 11.1. The number of nitro benzene ring substituents is 2. The molecule has 0 bridgehead atoms. The number of rotatable bonds is 6. The molecule has 8 nitrogen and oxygen atoms in total. The molecule has 1 saturated carbocycles. The molecule has 1 aliphatic rings.